The lowest BCUT2D eigenvalue weighted by molar-refractivity contribution is 0.672. The number of guanidine groups is 1. The number of aliphatic imine (C=N–C) groups is 1. The lowest BCUT2D eigenvalue weighted by Gasteiger charge is -2.17. The van der Waals surface area contributed by atoms with E-state index in [1.165, 1.54) is 18.4 Å². The van der Waals surface area contributed by atoms with Gasteiger partial charge in [0.05, 0.1) is 6.54 Å². The van der Waals surface area contributed by atoms with E-state index in [0.717, 1.165) is 30.7 Å². The molecule has 3 heterocycles. The van der Waals surface area contributed by atoms with Crippen LogP contribution in [-0.2, 0) is 20.1 Å². The van der Waals surface area contributed by atoms with Crippen LogP contribution in [0.4, 0.5) is 5.82 Å². The fourth-order valence-corrected chi connectivity index (χ4v) is 2.74. The van der Waals surface area contributed by atoms with Crippen LogP contribution in [0, 0.1) is 0 Å². The molecule has 0 spiro atoms. The van der Waals surface area contributed by atoms with Crippen molar-refractivity contribution in [1.29, 1.82) is 0 Å². The summed E-state index contributed by atoms with van der Waals surface area (Å²) < 4.78 is 1.74. The van der Waals surface area contributed by atoms with Crippen molar-refractivity contribution < 1.29 is 0 Å². The SMILES string of the molecule is CN=C(NCc1ccnc(N2CCCC2)c1)NCc1ncnn1C.I. The van der Waals surface area contributed by atoms with E-state index >= 15 is 0 Å². The third-order valence-electron chi connectivity index (χ3n) is 4.14. The lowest BCUT2D eigenvalue weighted by atomic mass is 10.2. The maximum atomic E-state index is 4.48. The summed E-state index contributed by atoms with van der Waals surface area (Å²) in [6.07, 6.45) is 5.93. The smallest absolute Gasteiger partial charge is 0.191 e. The maximum absolute atomic E-state index is 4.48. The van der Waals surface area contributed by atoms with Gasteiger partial charge in [0.1, 0.15) is 18.0 Å². The molecule has 1 saturated heterocycles. The third-order valence-corrected chi connectivity index (χ3v) is 4.14. The highest BCUT2D eigenvalue weighted by Crippen LogP contribution is 2.18. The van der Waals surface area contributed by atoms with Gasteiger partial charge < -0.3 is 15.5 Å². The summed E-state index contributed by atoms with van der Waals surface area (Å²) in [5, 5.41) is 10.6. The number of halogens is 1. The van der Waals surface area contributed by atoms with Crippen LogP contribution in [0.2, 0.25) is 0 Å². The zero-order chi connectivity index (χ0) is 16.8. The molecule has 0 amide bonds. The van der Waals surface area contributed by atoms with Crippen molar-refractivity contribution in [2.45, 2.75) is 25.9 Å². The van der Waals surface area contributed by atoms with Gasteiger partial charge in [-0.05, 0) is 30.5 Å². The fourth-order valence-electron chi connectivity index (χ4n) is 2.74. The molecule has 0 saturated carbocycles. The average Bonchev–Trinajstić information content (AvgIpc) is 3.27. The highest BCUT2D eigenvalue weighted by atomic mass is 127. The van der Waals surface area contributed by atoms with E-state index in [-0.39, 0.29) is 24.0 Å². The molecular weight excluding hydrogens is 431 g/mol. The van der Waals surface area contributed by atoms with Crippen LogP contribution in [0.3, 0.4) is 0 Å². The molecule has 25 heavy (non-hydrogen) atoms. The van der Waals surface area contributed by atoms with Crippen molar-refractivity contribution in [3.8, 4) is 0 Å². The topological polar surface area (TPSA) is 83.3 Å². The number of rotatable bonds is 5. The quantitative estimate of drug-likeness (QED) is 0.401. The first kappa shape index (κ1) is 19.4. The molecule has 0 aliphatic carbocycles. The van der Waals surface area contributed by atoms with E-state index in [1.54, 1.807) is 18.1 Å². The monoisotopic (exact) mass is 456 g/mol. The Balaban J connectivity index is 0.00000225. The van der Waals surface area contributed by atoms with Crippen molar-refractivity contribution in [2.75, 3.05) is 25.0 Å². The van der Waals surface area contributed by atoms with Crippen LogP contribution < -0.4 is 15.5 Å². The molecular formula is C16H25IN8. The van der Waals surface area contributed by atoms with Gasteiger partial charge in [-0.3, -0.25) is 9.67 Å². The average molecular weight is 456 g/mol. The Labute approximate surface area is 165 Å². The Morgan fingerprint density at radius 1 is 1.20 bits per heavy atom. The van der Waals surface area contributed by atoms with Crippen LogP contribution in [0.1, 0.15) is 24.2 Å². The second-order valence-electron chi connectivity index (χ2n) is 5.80. The number of aromatic nitrogens is 4. The van der Waals surface area contributed by atoms with Crippen molar-refractivity contribution in [3.05, 3.63) is 36.0 Å². The van der Waals surface area contributed by atoms with E-state index in [2.05, 4.69) is 41.7 Å². The predicted octanol–water partition coefficient (Wildman–Crippen LogP) is 1.29. The van der Waals surface area contributed by atoms with Gasteiger partial charge in [-0.25, -0.2) is 9.97 Å². The Morgan fingerprint density at radius 3 is 2.64 bits per heavy atom. The van der Waals surface area contributed by atoms with Gasteiger partial charge in [0.2, 0.25) is 0 Å². The van der Waals surface area contributed by atoms with Gasteiger partial charge >= 0.3 is 0 Å². The molecule has 2 N–H and O–H groups in total. The first-order valence-corrected chi connectivity index (χ1v) is 8.23. The van der Waals surface area contributed by atoms with Gasteiger partial charge in [-0.1, -0.05) is 0 Å². The van der Waals surface area contributed by atoms with Crippen molar-refractivity contribution in [1.82, 2.24) is 30.4 Å². The van der Waals surface area contributed by atoms with Crippen LogP contribution in [0.15, 0.2) is 29.6 Å². The highest BCUT2D eigenvalue weighted by molar-refractivity contribution is 14.0. The summed E-state index contributed by atoms with van der Waals surface area (Å²) in [5.74, 6) is 2.66. The van der Waals surface area contributed by atoms with E-state index in [9.17, 15) is 0 Å². The Kier molecular flexibility index (Phi) is 7.41. The van der Waals surface area contributed by atoms with Gasteiger partial charge in [-0.15, -0.1) is 24.0 Å². The Morgan fingerprint density at radius 2 is 1.96 bits per heavy atom. The van der Waals surface area contributed by atoms with Gasteiger partial charge in [0.25, 0.3) is 0 Å². The summed E-state index contributed by atoms with van der Waals surface area (Å²) >= 11 is 0. The molecule has 2 aromatic rings. The molecule has 0 aromatic carbocycles. The minimum Gasteiger partial charge on any atom is -0.357 e. The highest BCUT2D eigenvalue weighted by Gasteiger charge is 2.13. The molecule has 0 unspecified atom stereocenters. The summed E-state index contributed by atoms with van der Waals surface area (Å²) in [5.41, 5.74) is 1.19. The van der Waals surface area contributed by atoms with Crippen LogP contribution in [0.25, 0.3) is 0 Å². The minimum absolute atomic E-state index is 0. The molecule has 2 aromatic heterocycles. The molecule has 1 aliphatic rings. The lowest BCUT2D eigenvalue weighted by Crippen LogP contribution is -2.37. The van der Waals surface area contributed by atoms with Crippen molar-refractivity contribution in [2.24, 2.45) is 12.0 Å². The number of pyridine rings is 1. The number of hydrogen-bond donors (Lipinski definition) is 2. The normalized spacial score (nSPS) is 14.3. The predicted molar refractivity (Wildman–Crippen MR) is 109 cm³/mol. The maximum Gasteiger partial charge on any atom is 0.191 e. The fraction of sp³-hybridized carbons (Fsp3) is 0.500. The van der Waals surface area contributed by atoms with Gasteiger partial charge in [0.15, 0.2) is 5.96 Å². The molecule has 136 valence electrons. The van der Waals surface area contributed by atoms with Crippen LogP contribution in [0.5, 0.6) is 0 Å². The van der Waals surface area contributed by atoms with E-state index < -0.39 is 0 Å². The molecule has 1 fully saturated rings. The minimum atomic E-state index is 0. The zero-order valence-electron chi connectivity index (χ0n) is 14.6. The molecule has 0 radical (unpaired) electrons. The Bertz CT molecular complexity index is 693. The zero-order valence-corrected chi connectivity index (χ0v) is 17.0. The van der Waals surface area contributed by atoms with E-state index in [4.69, 9.17) is 0 Å². The van der Waals surface area contributed by atoms with Gasteiger partial charge in [0, 0.05) is 39.9 Å². The molecule has 1 aliphatic heterocycles. The number of nitrogens with one attached hydrogen (secondary N) is 2. The molecule has 8 nitrogen and oxygen atoms in total. The number of nitrogens with zero attached hydrogens (tertiary/aromatic N) is 6. The summed E-state index contributed by atoms with van der Waals surface area (Å²) in [4.78, 5) is 15.3. The van der Waals surface area contributed by atoms with Crippen molar-refractivity contribution >= 4 is 35.8 Å². The van der Waals surface area contributed by atoms with E-state index in [1.807, 2.05) is 19.3 Å². The molecule has 3 rings (SSSR count). The molecule has 0 atom stereocenters. The van der Waals surface area contributed by atoms with Crippen LogP contribution in [-0.4, -0.2) is 45.8 Å². The largest absolute Gasteiger partial charge is 0.357 e. The first-order valence-electron chi connectivity index (χ1n) is 8.23. The number of hydrogen-bond acceptors (Lipinski definition) is 5. The summed E-state index contributed by atoms with van der Waals surface area (Å²) in [6.45, 7) is 3.48. The van der Waals surface area contributed by atoms with Crippen LogP contribution >= 0.6 is 24.0 Å². The second-order valence-corrected chi connectivity index (χ2v) is 5.80. The summed E-state index contributed by atoms with van der Waals surface area (Å²) in [6, 6.07) is 4.18. The number of aryl methyl sites for hydroxylation is 1. The second kappa shape index (κ2) is 9.54. The number of anilines is 1. The Hall–Kier alpha value is -1.91. The molecule has 9 heteroatoms. The summed E-state index contributed by atoms with van der Waals surface area (Å²) in [7, 11) is 3.63. The first-order chi connectivity index (χ1) is 11.8. The van der Waals surface area contributed by atoms with Gasteiger partial charge in [-0.2, -0.15) is 5.10 Å². The molecule has 0 bridgehead atoms. The van der Waals surface area contributed by atoms with Crippen molar-refractivity contribution in [3.63, 3.8) is 0 Å². The third kappa shape index (κ3) is 5.28. The standard InChI is InChI=1S/C16H24N8.HI/c1-17-16(20-11-15-21-12-22-23(15)2)19-10-13-5-6-18-14(9-13)24-7-3-4-8-24;/h5-6,9,12H,3-4,7-8,10-11H2,1-2H3,(H2,17,19,20);1H. The van der Waals surface area contributed by atoms with E-state index in [0.29, 0.717) is 13.1 Å².